The lowest BCUT2D eigenvalue weighted by Gasteiger charge is -2.20. The second-order valence-corrected chi connectivity index (χ2v) is 8.83. The van der Waals surface area contributed by atoms with Crippen LogP contribution >= 0.6 is 15.9 Å². The monoisotopic (exact) mass is 476 g/mol. The van der Waals surface area contributed by atoms with Gasteiger partial charge in [-0.05, 0) is 70.1 Å². The number of hydrazine groups is 1. The van der Waals surface area contributed by atoms with Crippen molar-refractivity contribution in [3.05, 3.63) is 58.1 Å². The van der Waals surface area contributed by atoms with Crippen molar-refractivity contribution in [1.82, 2.24) is 10.9 Å². The van der Waals surface area contributed by atoms with Gasteiger partial charge >= 0.3 is 0 Å². The average Bonchev–Trinajstić information content (AvgIpc) is 2.70. The first kappa shape index (κ1) is 23.7. The van der Waals surface area contributed by atoms with E-state index in [1.165, 1.54) is 5.56 Å². The quantitative estimate of drug-likeness (QED) is 0.583. The van der Waals surface area contributed by atoms with E-state index >= 15 is 0 Å². The number of aryl methyl sites for hydroxylation is 1. The van der Waals surface area contributed by atoms with Gasteiger partial charge < -0.3 is 9.47 Å². The molecule has 6 nitrogen and oxygen atoms in total. The minimum absolute atomic E-state index is 0.0432. The zero-order valence-electron chi connectivity index (χ0n) is 18.0. The molecule has 0 aliphatic rings. The minimum atomic E-state index is -0.776. The average molecular weight is 477 g/mol. The van der Waals surface area contributed by atoms with Gasteiger partial charge in [0.1, 0.15) is 11.5 Å². The van der Waals surface area contributed by atoms with E-state index in [0.717, 1.165) is 16.5 Å². The summed E-state index contributed by atoms with van der Waals surface area (Å²) in [6.45, 7) is 9.83. The van der Waals surface area contributed by atoms with Crippen molar-refractivity contribution in [2.24, 2.45) is 0 Å². The summed E-state index contributed by atoms with van der Waals surface area (Å²) < 4.78 is 11.9. The predicted molar refractivity (Wildman–Crippen MR) is 121 cm³/mol. The van der Waals surface area contributed by atoms with Crippen LogP contribution < -0.4 is 20.3 Å². The molecule has 0 saturated heterocycles. The second-order valence-electron chi connectivity index (χ2n) is 7.98. The Morgan fingerprint density at radius 2 is 1.73 bits per heavy atom. The number of carbonyl (C=O) groups excluding carboxylic acids is 2. The van der Waals surface area contributed by atoms with Crippen molar-refractivity contribution in [2.75, 3.05) is 6.61 Å². The van der Waals surface area contributed by atoms with Crippen LogP contribution in [0.1, 0.15) is 45.7 Å². The lowest BCUT2D eigenvalue weighted by Crippen LogP contribution is -2.48. The van der Waals surface area contributed by atoms with Crippen LogP contribution in [0.15, 0.2) is 46.9 Å². The third kappa shape index (κ3) is 7.06. The van der Waals surface area contributed by atoms with Crippen LogP contribution in [0, 0.1) is 0 Å². The van der Waals surface area contributed by atoms with E-state index in [0.29, 0.717) is 11.5 Å². The van der Waals surface area contributed by atoms with Gasteiger partial charge in [0.05, 0.1) is 4.47 Å². The molecule has 2 rings (SSSR count). The van der Waals surface area contributed by atoms with Gasteiger partial charge in [0, 0.05) is 0 Å². The topological polar surface area (TPSA) is 76.7 Å². The first-order chi connectivity index (χ1) is 14.1. The standard InChI is InChI=1S/C23H29BrN2O4/c1-6-16-7-12-20(19(24)13-16)29-14-21(27)25-26-22(28)15(2)30-18-10-8-17(9-11-18)23(3,4)5/h7-13,15H,6,14H2,1-5H3,(H,25,27)(H,26,28). The van der Waals surface area contributed by atoms with Gasteiger partial charge in [-0.1, -0.05) is 45.9 Å². The fraction of sp³-hybridized carbons (Fsp3) is 0.391. The minimum Gasteiger partial charge on any atom is -0.483 e. The molecule has 0 radical (unpaired) electrons. The number of hydrogen-bond acceptors (Lipinski definition) is 4. The summed E-state index contributed by atoms with van der Waals surface area (Å²) in [7, 11) is 0. The Morgan fingerprint density at radius 1 is 1.07 bits per heavy atom. The molecular weight excluding hydrogens is 448 g/mol. The summed E-state index contributed by atoms with van der Waals surface area (Å²) in [6.07, 6.45) is 0.134. The number of halogens is 1. The molecule has 1 unspecified atom stereocenters. The van der Waals surface area contributed by atoms with Crippen molar-refractivity contribution in [2.45, 2.75) is 52.6 Å². The van der Waals surface area contributed by atoms with Crippen LogP contribution in [0.5, 0.6) is 11.5 Å². The van der Waals surface area contributed by atoms with Crippen molar-refractivity contribution in [3.8, 4) is 11.5 Å². The molecule has 7 heteroatoms. The normalized spacial score (nSPS) is 12.1. The molecule has 30 heavy (non-hydrogen) atoms. The maximum Gasteiger partial charge on any atom is 0.279 e. The fourth-order valence-corrected chi connectivity index (χ4v) is 3.13. The van der Waals surface area contributed by atoms with Gasteiger partial charge in [0.25, 0.3) is 11.8 Å². The zero-order chi connectivity index (χ0) is 22.3. The summed E-state index contributed by atoms with van der Waals surface area (Å²) in [5.41, 5.74) is 7.06. The molecule has 2 amide bonds. The van der Waals surface area contributed by atoms with E-state index in [4.69, 9.17) is 9.47 Å². The number of rotatable bonds is 7. The van der Waals surface area contributed by atoms with Crippen LogP contribution in [0.25, 0.3) is 0 Å². The van der Waals surface area contributed by atoms with Gasteiger partial charge in [0.2, 0.25) is 0 Å². The smallest absolute Gasteiger partial charge is 0.279 e. The molecule has 2 aromatic rings. The molecule has 0 aromatic heterocycles. The van der Waals surface area contributed by atoms with Crippen LogP contribution in [-0.2, 0) is 21.4 Å². The number of benzene rings is 2. The summed E-state index contributed by atoms with van der Waals surface area (Å²) in [4.78, 5) is 24.1. The Kier molecular flexibility index (Phi) is 8.29. The third-order valence-corrected chi connectivity index (χ3v) is 5.11. The zero-order valence-corrected chi connectivity index (χ0v) is 19.6. The summed E-state index contributed by atoms with van der Waals surface area (Å²) in [6, 6.07) is 13.3. The largest absolute Gasteiger partial charge is 0.483 e. The van der Waals surface area contributed by atoms with E-state index in [1.807, 2.05) is 36.4 Å². The molecule has 0 spiro atoms. The predicted octanol–water partition coefficient (Wildman–Crippen LogP) is 4.30. The molecule has 0 aliphatic heterocycles. The lowest BCUT2D eigenvalue weighted by atomic mass is 9.87. The van der Waals surface area contributed by atoms with Gasteiger partial charge in [-0.25, -0.2) is 0 Å². The van der Waals surface area contributed by atoms with E-state index < -0.39 is 17.9 Å². The molecule has 2 N–H and O–H groups in total. The first-order valence-corrected chi connectivity index (χ1v) is 10.7. The number of carbonyl (C=O) groups is 2. The number of ether oxygens (including phenoxy) is 2. The van der Waals surface area contributed by atoms with Crippen LogP contribution in [0.3, 0.4) is 0 Å². The van der Waals surface area contributed by atoms with Crippen molar-refractivity contribution in [3.63, 3.8) is 0 Å². The first-order valence-electron chi connectivity index (χ1n) is 9.87. The SMILES string of the molecule is CCc1ccc(OCC(=O)NNC(=O)C(C)Oc2ccc(C(C)(C)C)cc2)c(Br)c1. The van der Waals surface area contributed by atoms with Gasteiger partial charge in [-0.2, -0.15) is 0 Å². The maximum atomic E-state index is 12.2. The van der Waals surface area contributed by atoms with Crippen LogP contribution in [0.2, 0.25) is 0 Å². The van der Waals surface area contributed by atoms with E-state index in [1.54, 1.807) is 13.0 Å². The lowest BCUT2D eigenvalue weighted by molar-refractivity contribution is -0.133. The van der Waals surface area contributed by atoms with E-state index in [-0.39, 0.29) is 12.0 Å². The molecule has 0 bridgehead atoms. The molecule has 0 aliphatic carbocycles. The molecule has 0 fully saturated rings. The van der Waals surface area contributed by atoms with E-state index in [9.17, 15) is 9.59 Å². The summed E-state index contributed by atoms with van der Waals surface area (Å²) in [5, 5.41) is 0. The Bertz CT molecular complexity index is 876. The number of amides is 2. The van der Waals surface area contributed by atoms with Crippen LogP contribution in [0.4, 0.5) is 0 Å². The summed E-state index contributed by atoms with van der Waals surface area (Å²) >= 11 is 3.42. The molecule has 0 saturated carbocycles. The molecule has 0 heterocycles. The second kappa shape index (κ2) is 10.5. The highest BCUT2D eigenvalue weighted by molar-refractivity contribution is 9.10. The fourth-order valence-electron chi connectivity index (χ4n) is 2.58. The summed E-state index contributed by atoms with van der Waals surface area (Å²) in [5.74, 6) is 0.207. The Hall–Kier alpha value is -2.54. The number of hydrogen-bond donors (Lipinski definition) is 2. The van der Waals surface area contributed by atoms with Gasteiger partial charge in [-0.15, -0.1) is 0 Å². The Balaban J connectivity index is 1.78. The van der Waals surface area contributed by atoms with Gasteiger partial charge in [0.15, 0.2) is 12.7 Å². The van der Waals surface area contributed by atoms with Crippen molar-refractivity contribution < 1.29 is 19.1 Å². The molecule has 162 valence electrons. The molecule has 1 atom stereocenters. The Labute approximate surface area is 186 Å². The Morgan fingerprint density at radius 3 is 2.30 bits per heavy atom. The maximum absolute atomic E-state index is 12.2. The van der Waals surface area contributed by atoms with Crippen LogP contribution in [-0.4, -0.2) is 24.5 Å². The van der Waals surface area contributed by atoms with E-state index in [2.05, 4.69) is 54.5 Å². The third-order valence-electron chi connectivity index (χ3n) is 4.49. The van der Waals surface area contributed by atoms with Gasteiger partial charge in [-0.3, -0.25) is 20.4 Å². The highest BCUT2D eigenvalue weighted by atomic mass is 79.9. The van der Waals surface area contributed by atoms with Crippen molar-refractivity contribution in [1.29, 1.82) is 0 Å². The molecule has 2 aromatic carbocycles. The van der Waals surface area contributed by atoms with Crippen molar-refractivity contribution >= 4 is 27.7 Å². The highest BCUT2D eigenvalue weighted by Gasteiger charge is 2.17. The number of nitrogens with one attached hydrogen (secondary N) is 2. The molecular formula is C23H29BrN2O4. The highest BCUT2D eigenvalue weighted by Crippen LogP contribution is 2.26.